The van der Waals surface area contributed by atoms with Gasteiger partial charge in [-0.3, -0.25) is 29.2 Å². The summed E-state index contributed by atoms with van der Waals surface area (Å²) in [5.41, 5.74) is 15.8. The third-order valence-corrected chi connectivity index (χ3v) is 27.3. The Morgan fingerprint density at radius 1 is 0.341 bits per heavy atom. The van der Waals surface area contributed by atoms with Crippen molar-refractivity contribution in [3.8, 4) is 22.5 Å². The van der Waals surface area contributed by atoms with Crippen molar-refractivity contribution in [2.45, 2.75) is 218 Å². The van der Waals surface area contributed by atoms with Gasteiger partial charge in [-0.05, 0) is 194 Å². The predicted molar refractivity (Wildman–Crippen MR) is 502 cm³/mol. The Kier molecular flexibility index (Phi) is 29.5. The first-order chi connectivity index (χ1) is 63.7. The van der Waals surface area contributed by atoms with E-state index in [1.807, 2.05) is 112 Å². The molecule has 6 fully saturated rings. The van der Waals surface area contributed by atoms with E-state index in [1.54, 1.807) is 0 Å². The molecule has 12 atom stereocenters. The highest BCUT2D eigenvalue weighted by Crippen LogP contribution is 2.50. The largest absolute Gasteiger partial charge is 0.453 e. The number of hydrogen-bond acceptors (Lipinski definition) is 18. The van der Waals surface area contributed by atoms with Crippen LogP contribution in [0.1, 0.15) is 227 Å². The summed E-state index contributed by atoms with van der Waals surface area (Å²) in [6.45, 7) is 17.6. The summed E-state index contributed by atoms with van der Waals surface area (Å²) >= 11 is 0. The summed E-state index contributed by atoms with van der Waals surface area (Å²) in [5, 5.41) is 10.9. The number of aromatic amines is 2. The van der Waals surface area contributed by atoms with Gasteiger partial charge in [-0.1, -0.05) is 165 Å². The number of hydrogen-bond donors (Lipinski definition) is 6. The van der Waals surface area contributed by atoms with E-state index in [9.17, 15) is 47.1 Å². The second-order valence-corrected chi connectivity index (χ2v) is 36.8. The van der Waals surface area contributed by atoms with Crippen LogP contribution in [0.25, 0.3) is 33.9 Å². The average molecular weight is 1800 g/mol. The van der Waals surface area contributed by atoms with Crippen molar-refractivity contribution in [1.29, 1.82) is 0 Å². The van der Waals surface area contributed by atoms with Crippen LogP contribution in [0.2, 0.25) is 0 Å². The number of amides is 8. The van der Waals surface area contributed by atoms with E-state index < -0.39 is 48.5 Å². The molecule has 8 aliphatic heterocycles. The molecule has 8 aliphatic rings. The van der Waals surface area contributed by atoms with Crippen LogP contribution >= 0.6 is 0 Å². The van der Waals surface area contributed by atoms with Gasteiger partial charge in [0, 0.05) is 61.8 Å². The lowest BCUT2D eigenvalue weighted by Gasteiger charge is -2.33. The number of methoxy groups -OCH3 is 4. The summed E-state index contributed by atoms with van der Waals surface area (Å²) in [7, 11) is 5.17. The third kappa shape index (κ3) is 20.5. The van der Waals surface area contributed by atoms with E-state index in [0.717, 1.165) is 167 Å². The van der Waals surface area contributed by atoms with Crippen molar-refractivity contribution in [2.24, 2.45) is 33.7 Å². The number of ether oxygens (including phenoxy) is 4. The van der Waals surface area contributed by atoms with E-state index in [4.69, 9.17) is 38.9 Å². The molecule has 6 N–H and O–H groups in total. The Morgan fingerprint density at radius 2 is 0.598 bits per heavy atom. The smallest absolute Gasteiger partial charge is 0.407 e. The molecule has 8 amide bonds. The molecule has 6 aromatic carbocycles. The van der Waals surface area contributed by atoms with E-state index in [2.05, 4.69) is 150 Å². The third-order valence-electron chi connectivity index (χ3n) is 27.3. The maximum atomic E-state index is 14.3. The molecule has 0 radical (unpaired) electrons. The number of carbonyl (C=O) groups is 8. The zero-order valence-electron chi connectivity index (χ0n) is 77.3. The number of imidazole rings is 2. The van der Waals surface area contributed by atoms with Gasteiger partial charge in [0.2, 0.25) is 23.6 Å². The Hall–Kier alpha value is -13.0. The number of rotatable bonds is 26. The van der Waals surface area contributed by atoms with Gasteiger partial charge in [0.25, 0.3) is 0 Å². The minimum absolute atomic E-state index is 0.0388. The maximum absolute atomic E-state index is 14.3. The number of alkyl carbamates (subject to hydrolysis) is 4. The molecule has 0 unspecified atom stereocenters. The van der Waals surface area contributed by atoms with Crippen molar-refractivity contribution >= 4 is 82.2 Å². The van der Waals surface area contributed by atoms with E-state index in [1.165, 1.54) is 52.7 Å². The average Bonchev–Trinajstić information content (AvgIpc) is 1.61. The van der Waals surface area contributed by atoms with Gasteiger partial charge in [-0.15, -0.1) is 0 Å². The summed E-state index contributed by atoms with van der Waals surface area (Å²) < 4.78 is 47.8. The van der Waals surface area contributed by atoms with Gasteiger partial charge < -0.3 is 79.6 Å². The number of nitrogens with one attached hydrogen (secondary N) is 6. The normalized spacial score (nSPS) is 21.5. The fourth-order valence-electron chi connectivity index (χ4n) is 20.3. The van der Waals surface area contributed by atoms with Gasteiger partial charge in [-0.2, -0.15) is 0 Å². The topological polar surface area (TPSA) is 323 Å². The number of likely N-dealkylation sites (tertiary alicyclic amines) is 4. The van der Waals surface area contributed by atoms with Gasteiger partial charge in [0.05, 0.1) is 112 Å². The number of H-pyrrole nitrogens is 2. The molecule has 0 bridgehead atoms. The van der Waals surface area contributed by atoms with Gasteiger partial charge in [0.1, 0.15) is 47.5 Å². The number of allylic oxidation sites excluding steroid dienone is 2. The summed E-state index contributed by atoms with van der Waals surface area (Å²) in [5.74, 6) is -0.131. The van der Waals surface area contributed by atoms with Crippen LogP contribution in [0.4, 0.5) is 39.3 Å². The van der Waals surface area contributed by atoms with Gasteiger partial charge >= 0.3 is 24.4 Å². The molecule has 10 heterocycles. The fraction of sp³-hybridized carbons (Fsp3) is 0.451. The molecule has 132 heavy (non-hydrogen) atoms. The van der Waals surface area contributed by atoms with Crippen LogP contribution in [0, 0.1) is 35.3 Å². The minimum Gasteiger partial charge on any atom is -0.453 e. The van der Waals surface area contributed by atoms with Crippen molar-refractivity contribution in [1.82, 2.24) is 60.8 Å². The van der Waals surface area contributed by atoms with Crippen LogP contribution in [0.3, 0.4) is 0 Å². The molecular formula is C102H122F2N16O12. The van der Waals surface area contributed by atoms with E-state index in [-0.39, 0.29) is 107 Å². The predicted octanol–water partition coefficient (Wildman–Crippen LogP) is 17.8. The first kappa shape index (κ1) is 93.7. The Labute approximate surface area is 770 Å². The standard InChI is InChI=1S/2C51H61FN8O6/c2*1-30(2)45(56-50(63)65-5)48(61)58-27-7-9-43(58)39-24-23-38(54-39)32-11-15-34(16-12-32)41-25-26-42(60(41)37-21-19-36(52)20-22-37)35-17-13-33(14-18-35)40-29-53-47(55-40)44-10-8-28-59(44)49(62)46(31(3)4)57-51(64)66-6/h2*11-23,29-31,41-46H,7-10,24-28H2,1-6H3,(H,53,55)(H,56,63)(H,57,64)/t41-,42-,43+,44+,45+,46+;41-,42-,43-,44-,45-,46-/m10/s1. The number of nitrogens with zero attached hydrogens (tertiary/aromatic N) is 10. The lowest BCUT2D eigenvalue weighted by molar-refractivity contribution is -0.136. The number of halogens is 2. The molecule has 30 heteroatoms. The molecule has 0 saturated carbocycles. The number of benzene rings is 6. The van der Waals surface area contributed by atoms with Crippen molar-refractivity contribution in [2.75, 3.05) is 64.4 Å². The number of aliphatic imine (C=N–C) groups is 2. The first-order valence-corrected chi connectivity index (χ1v) is 46.4. The zero-order valence-corrected chi connectivity index (χ0v) is 77.3. The Balaban J connectivity index is 0.000000202. The lowest BCUT2D eigenvalue weighted by atomic mass is 10.0. The molecular weight excluding hydrogens is 1680 g/mol. The van der Waals surface area contributed by atoms with Crippen LogP contribution in [-0.2, 0) is 38.1 Å². The SMILES string of the molecule is COC(=O)N[C@H](C(=O)N1CCC[C@H]1C1=NC(c2ccc([C@@H]3CC[C@@H](c4ccc(-c5cnc([C@@H]6CCCN6C(=O)[C@@H](NC(=O)OC)C(C)C)[nH]5)cc4)N3c3ccc(F)cc3)cc2)=CC1)C(C)C.COC(=O)N[C@H](C(=O)N1CCC[C@H]1C1=NC(c2ccc([C@H]3CC[C@H](c4ccc(-c5cnc([C@@H]6CCCN6C(=O)[C@@H](NC(=O)OC)C(C)C)[nH]5)cc4)N3c3ccc(F)cc3)cc2)=CC1)C(C)C. The van der Waals surface area contributed by atoms with Crippen LogP contribution in [-0.4, -0.2) is 190 Å². The van der Waals surface area contributed by atoms with Crippen LogP contribution < -0.4 is 31.1 Å². The van der Waals surface area contributed by atoms with Gasteiger partial charge in [-0.25, -0.2) is 37.9 Å². The Bertz CT molecular complexity index is 5240. The summed E-state index contributed by atoms with van der Waals surface area (Å²) in [6, 6.07) is 44.3. The quantitative estimate of drug-likeness (QED) is 0.0274. The second kappa shape index (κ2) is 41.6. The molecule has 0 aliphatic carbocycles. The maximum Gasteiger partial charge on any atom is 0.407 e. The van der Waals surface area contributed by atoms with Gasteiger partial charge in [0.15, 0.2) is 0 Å². The molecule has 6 saturated heterocycles. The lowest BCUT2D eigenvalue weighted by Crippen LogP contribution is -2.53. The summed E-state index contributed by atoms with van der Waals surface area (Å²) in [6.07, 6.45) is 16.8. The van der Waals surface area contributed by atoms with E-state index >= 15 is 0 Å². The first-order valence-electron chi connectivity index (χ1n) is 46.4. The second-order valence-electron chi connectivity index (χ2n) is 36.8. The van der Waals surface area contributed by atoms with Crippen molar-refractivity contribution in [3.05, 3.63) is 227 Å². The fourth-order valence-corrected chi connectivity index (χ4v) is 20.3. The van der Waals surface area contributed by atoms with Crippen molar-refractivity contribution < 1.29 is 66.1 Å². The number of aromatic nitrogens is 4. The number of carbonyl (C=O) groups excluding carboxylic acids is 8. The zero-order chi connectivity index (χ0) is 93.3. The monoisotopic (exact) mass is 1800 g/mol. The molecule has 16 rings (SSSR count). The molecule has 8 aromatic rings. The molecule has 696 valence electrons. The Morgan fingerprint density at radius 3 is 0.864 bits per heavy atom. The highest BCUT2D eigenvalue weighted by atomic mass is 19.1. The molecule has 28 nitrogen and oxygen atoms in total. The van der Waals surface area contributed by atoms with Crippen molar-refractivity contribution in [3.63, 3.8) is 0 Å². The number of anilines is 2. The molecule has 2 aromatic heterocycles. The highest BCUT2D eigenvalue weighted by Gasteiger charge is 2.45. The minimum atomic E-state index is -0.708. The summed E-state index contributed by atoms with van der Waals surface area (Å²) in [4.78, 5) is 142. The van der Waals surface area contributed by atoms with Crippen LogP contribution in [0.15, 0.2) is 180 Å². The molecule has 0 spiro atoms. The van der Waals surface area contributed by atoms with E-state index in [0.29, 0.717) is 50.7 Å². The highest BCUT2D eigenvalue weighted by molar-refractivity contribution is 6.03. The van der Waals surface area contributed by atoms with Crippen LogP contribution in [0.5, 0.6) is 0 Å².